The molecule has 0 aromatic heterocycles. The lowest BCUT2D eigenvalue weighted by Gasteiger charge is -2.10. The van der Waals surface area contributed by atoms with Crippen LogP contribution in [0.15, 0.2) is 48.0 Å². The maximum atomic E-state index is 12.3. The Kier molecular flexibility index (Phi) is 5.35. The Bertz CT molecular complexity index is 926. The Hall–Kier alpha value is -3.41. The lowest BCUT2D eigenvalue weighted by Crippen LogP contribution is -1.99. The molecule has 0 N–H and O–H groups in total. The molecule has 6 heteroatoms. The van der Waals surface area contributed by atoms with Crippen molar-refractivity contribution in [1.82, 2.24) is 0 Å². The van der Waals surface area contributed by atoms with Gasteiger partial charge in [0.2, 0.25) is 0 Å². The molecule has 6 nitrogen and oxygen atoms in total. The zero-order chi connectivity index (χ0) is 19.4. The van der Waals surface area contributed by atoms with E-state index in [1.807, 2.05) is 6.07 Å². The number of rotatable bonds is 6. The van der Waals surface area contributed by atoms with Crippen LogP contribution in [0.2, 0.25) is 0 Å². The molecule has 0 spiro atoms. The molecule has 0 saturated carbocycles. The van der Waals surface area contributed by atoms with E-state index in [4.69, 9.17) is 23.7 Å². The summed E-state index contributed by atoms with van der Waals surface area (Å²) in [5, 5.41) is 0. The van der Waals surface area contributed by atoms with Crippen molar-refractivity contribution >= 4 is 17.8 Å². The summed E-state index contributed by atoms with van der Waals surface area (Å²) in [6.07, 6.45) is 3.41. The van der Waals surface area contributed by atoms with Gasteiger partial charge in [-0.1, -0.05) is 6.07 Å². The number of carbonyl (C=O) groups is 1. The predicted molar refractivity (Wildman–Crippen MR) is 101 cm³/mol. The summed E-state index contributed by atoms with van der Waals surface area (Å²) >= 11 is 0. The third-order valence-corrected chi connectivity index (χ3v) is 4.13. The first kappa shape index (κ1) is 18.4. The number of hydrogen-bond acceptors (Lipinski definition) is 6. The molecular formula is C21H20O6. The van der Waals surface area contributed by atoms with Gasteiger partial charge in [-0.15, -0.1) is 0 Å². The van der Waals surface area contributed by atoms with Crippen LogP contribution < -0.4 is 18.9 Å². The van der Waals surface area contributed by atoms with Crippen LogP contribution in [-0.4, -0.2) is 34.4 Å². The molecule has 0 saturated heterocycles. The summed E-state index contributed by atoms with van der Waals surface area (Å²) in [4.78, 5) is 12.3. The van der Waals surface area contributed by atoms with E-state index in [1.54, 1.807) is 70.9 Å². The van der Waals surface area contributed by atoms with Gasteiger partial charge in [-0.3, -0.25) is 0 Å². The highest BCUT2D eigenvalue weighted by Gasteiger charge is 2.24. The van der Waals surface area contributed by atoms with E-state index in [0.29, 0.717) is 39.9 Å². The van der Waals surface area contributed by atoms with Crippen molar-refractivity contribution in [3.63, 3.8) is 0 Å². The van der Waals surface area contributed by atoms with Crippen LogP contribution in [0.1, 0.15) is 11.1 Å². The van der Waals surface area contributed by atoms with Crippen molar-refractivity contribution in [2.45, 2.75) is 0 Å². The van der Waals surface area contributed by atoms with Gasteiger partial charge in [-0.25, -0.2) is 4.79 Å². The minimum Gasteiger partial charge on any atom is -0.497 e. The number of ether oxygens (including phenoxy) is 5. The molecule has 1 aliphatic rings. The summed E-state index contributed by atoms with van der Waals surface area (Å²) in [5.41, 5.74) is 1.89. The number of hydrogen-bond donors (Lipinski definition) is 0. The average Bonchev–Trinajstić information content (AvgIpc) is 3.07. The van der Waals surface area contributed by atoms with Crippen molar-refractivity contribution in [3.8, 4) is 23.0 Å². The highest BCUT2D eigenvalue weighted by Crippen LogP contribution is 2.36. The molecule has 1 aliphatic heterocycles. The highest BCUT2D eigenvalue weighted by molar-refractivity contribution is 6.05. The van der Waals surface area contributed by atoms with Crippen molar-refractivity contribution in [3.05, 3.63) is 59.2 Å². The molecule has 140 valence electrons. The van der Waals surface area contributed by atoms with Gasteiger partial charge in [0.1, 0.15) is 17.3 Å². The monoisotopic (exact) mass is 368 g/mol. The number of cyclic esters (lactones) is 1. The zero-order valence-electron chi connectivity index (χ0n) is 15.6. The van der Waals surface area contributed by atoms with Crippen LogP contribution in [0, 0.1) is 0 Å². The maximum absolute atomic E-state index is 12.3. The zero-order valence-corrected chi connectivity index (χ0v) is 15.6. The second-order valence-electron chi connectivity index (χ2n) is 5.68. The smallest absolute Gasteiger partial charge is 0.343 e. The second kappa shape index (κ2) is 7.86. The van der Waals surface area contributed by atoms with Crippen LogP contribution >= 0.6 is 0 Å². The fourth-order valence-corrected chi connectivity index (χ4v) is 2.75. The van der Waals surface area contributed by atoms with Gasteiger partial charge in [0.05, 0.1) is 39.6 Å². The van der Waals surface area contributed by atoms with E-state index in [0.717, 1.165) is 5.56 Å². The lowest BCUT2D eigenvalue weighted by atomic mass is 10.1. The predicted octanol–water partition coefficient (Wildman–Crippen LogP) is 3.70. The first-order valence-electron chi connectivity index (χ1n) is 8.19. The molecule has 0 amide bonds. The number of benzene rings is 2. The van der Waals surface area contributed by atoms with E-state index < -0.39 is 5.97 Å². The van der Waals surface area contributed by atoms with Crippen LogP contribution in [0.4, 0.5) is 0 Å². The van der Waals surface area contributed by atoms with Gasteiger partial charge in [-0.2, -0.15) is 0 Å². The van der Waals surface area contributed by atoms with Crippen LogP contribution in [0.3, 0.4) is 0 Å². The second-order valence-corrected chi connectivity index (χ2v) is 5.68. The normalized spacial score (nSPS) is 14.6. The molecule has 0 bridgehead atoms. The minimum atomic E-state index is -0.433. The third-order valence-electron chi connectivity index (χ3n) is 4.13. The molecule has 0 fully saturated rings. The Balaban J connectivity index is 1.96. The molecular weight excluding hydrogens is 348 g/mol. The molecule has 0 unspecified atom stereocenters. The molecule has 27 heavy (non-hydrogen) atoms. The Morgan fingerprint density at radius 3 is 2.22 bits per heavy atom. The quantitative estimate of drug-likeness (QED) is 0.572. The van der Waals surface area contributed by atoms with Gasteiger partial charge >= 0.3 is 5.97 Å². The summed E-state index contributed by atoms with van der Waals surface area (Å²) in [7, 11) is 6.26. The van der Waals surface area contributed by atoms with Crippen molar-refractivity contribution in [1.29, 1.82) is 0 Å². The van der Waals surface area contributed by atoms with E-state index in [9.17, 15) is 4.79 Å². The first-order valence-corrected chi connectivity index (χ1v) is 8.19. The van der Waals surface area contributed by atoms with Crippen molar-refractivity contribution in [2.24, 2.45) is 0 Å². The standard InChI is InChI=1S/C21H20O6/c1-23-15-6-7-16(18(12-15)25-3)19-11-14(21(22)27-19)9-13-5-8-17(24-2)20(10-13)26-4/h5-12H,1-4H3/b14-9+. The topological polar surface area (TPSA) is 63.2 Å². The summed E-state index contributed by atoms with van der Waals surface area (Å²) in [5.74, 6) is 2.40. The van der Waals surface area contributed by atoms with E-state index in [2.05, 4.69) is 0 Å². The summed E-state index contributed by atoms with van der Waals surface area (Å²) < 4.78 is 26.5. The number of esters is 1. The summed E-state index contributed by atoms with van der Waals surface area (Å²) in [6, 6.07) is 10.7. The van der Waals surface area contributed by atoms with E-state index in [1.165, 1.54) is 0 Å². The first-order chi connectivity index (χ1) is 13.1. The van der Waals surface area contributed by atoms with E-state index in [-0.39, 0.29) is 0 Å². The molecule has 0 radical (unpaired) electrons. The number of carbonyl (C=O) groups excluding carboxylic acids is 1. The molecule has 0 atom stereocenters. The summed E-state index contributed by atoms with van der Waals surface area (Å²) in [6.45, 7) is 0. The number of methoxy groups -OCH3 is 4. The maximum Gasteiger partial charge on any atom is 0.343 e. The van der Waals surface area contributed by atoms with Crippen LogP contribution in [0.25, 0.3) is 11.8 Å². The van der Waals surface area contributed by atoms with E-state index >= 15 is 0 Å². The van der Waals surface area contributed by atoms with Gasteiger partial charge in [0.15, 0.2) is 11.5 Å². The third kappa shape index (κ3) is 3.74. The fourth-order valence-electron chi connectivity index (χ4n) is 2.75. The van der Waals surface area contributed by atoms with Crippen molar-refractivity contribution < 1.29 is 28.5 Å². The SMILES string of the molecule is COc1ccc(C2=C/C(=C\c3ccc(OC)c(OC)c3)C(=O)O2)c(OC)c1. The van der Waals surface area contributed by atoms with Gasteiger partial charge in [0, 0.05) is 6.07 Å². The molecule has 2 aromatic rings. The fraction of sp³-hybridized carbons (Fsp3) is 0.190. The van der Waals surface area contributed by atoms with Crippen LogP contribution in [0.5, 0.6) is 23.0 Å². The highest BCUT2D eigenvalue weighted by atomic mass is 16.5. The Morgan fingerprint density at radius 1 is 0.815 bits per heavy atom. The molecule has 0 aliphatic carbocycles. The lowest BCUT2D eigenvalue weighted by molar-refractivity contribution is -0.130. The molecule has 3 rings (SSSR count). The van der Waals surface area contributed by atoms with Gasteiger partial charge < -0.3 is 23.7 Å². The van der Waals surface area contributed by atoms with Crippen LogP contribution in [-0.2, 0) is 9.53 Å². The largest absolute Gasteiger partial charge is 0.497 e. The minimum absolute atomic E-state index is 0.422. The Morgan fingerprint density at radius 2 is 1.56 bits per heavy atom. The Labute approximate surface area is 157 Å². The van der Waals surface area contributed by atoms with Gasteiger partial charge in [-0.05, 0) is 42.0 Å². The average molecular weight is 368 g/mol. The molecule has 1 heterocycles. The van der Waals surface area contributed by atoms with Gasteiger partial charge in [0.25, 0.3) is 0 Å². The molecule has 2 aromatic carbocycles. The van der Waals surface area contributed by atoms with Crippen molar-refractivity contribution in [2.75, 3.05) is 28.4 Å².